The summed E-state index contributed by atoms with van der Waals surface area (Å²) >= 11 is 0. The van der Waals surface area contributed by atoms with Crippen LogP contribution in [-0.4, -0.2) is 19.9 Å². The van der Waals surface area contributed by atoms with Crippen LogP contribution in [0.15, 0.2) is 162 Å². The van der Waals surface area contributed by atoms with Crippen molar-refractivity contribution < 1.29 is 4.42 Å². The molecule has 11 rings (SSSR count). The normalized spacial score (nSPS) is 11.9. The first kappa shape index (κ1) is 27.9. The van der Waals surface area contributed by atoms with Crippen molar-refractivity contribution in [3.05, 3.63) is 158 Å². The number of nitrogens with zero attached hydrogens (tertiary/aromatic N) is 4. The number of furan rings is 1. The second-order valence-corrected chi connectivity index (χ2v) is 13.1. The van der Waals surface area contributed by atoms with Gasteiger partial charge in [-0.05, 0) is 68.7 Å². The number of hydrogen-bond donors (Lipinski definition) is 0. The molecule has 0 bridgehead atoms. The lowest BCUT2D eigenvalue weighted by atomic mass is 9.98. The lowest BCUT2D eigenvalue weighted by molar-refractivity contribution is 0.669. The van der Waals surface area contributed by atoms with E-state index in [4.69, 9.17) is 24.4 Å². The van der Waals surface area contributed by atoms with E-state index in [1.165, 1.54) is 21.5 Å². The average Bonchev–Trinajstić information content (AvgIpc) is 3.58. The van der Waals surface area contributed by atoms with E-state index in [0.29, 0.717) is 17.5 Å². The lowest BCUT2D eigenvalue weighted by Crippen LogP contribution is -2.01. The molecule has 5 heteroatoms. The second-order valence-electron chi connectivity index (χ2n) is 13.1. The molecular formula is C46H26N4O. The van der Waals surface area contributed by atoms with Gasteiger partial charge in [0, 0.05) is 49.8 Å². The van der Waals surface area contributed by atoms with Crippen molar-refractivity contribution in [1.82, 2.24) is 19.9 Å². The van der Waals surface area contributed by atoms with Gasteiger partial charge >= 0.3 is 0 Å². The summed E-state index contributed by atoms with van der Waals surface area (Å²) in [7, 11) is 0. The predicted octanol–water partition coefficient (Wildman–Crippen LogP) is 11.9. The molecule has 5 nitrogen and oxygen atoms in total. The summed E-state index contributed by atoms with van der Waals surface area (Å²) in [5.41, 5.74) is 5.28. The molecule has 0 radical (unpaired) electrons. The summed E-state index contributed by atoms with van der Waals surface area (Å²) in [4.78, 5) is 20.4. The fraction of sp³-hybridized carbons (Fsp3) is 0. The van der Waals surface area contributed by atoms with E-state index in [9.17, 15) is 0 Å². The van der Waals surface area contributed by atoms with Gasteiger partial charge in [0.15, 0.2) is 17.5 Å². The highest BCUT2D eigenvalue weighted by Crippen LogP contribution is 2.40. The van der Waals surface area contributed by atoms with Crippen molar-refractivity contribution in [2.45, 2.75) is 0 Å². The minimum atomic E-state index is 0.586. The Labute approximate surface area is 291 Å². The van der Waals surface area contributed by atoms with E-state index in [2.05, 4.69) is 140 Å². The van der Waals surface area contributed by atoms with Crippen LogP contribution in [0, 0.1) is 0 Å². The quantitative estimate of drug-likeness (QED) is 0.178. The van der Waals surface area contributed by atoms with Crippen LogP contribution < -0.4 is 0 Å². The van der Waals surface area contributed by atoms with Crippen molar-refractivity contribution in [2.24, 2.45) is 0 Å². The Morgan fingerprint density at radius 3 is 1.86 bits per heavy atom. The Bertz CT molecular complexity index is 3210. The van der Waals surface area contributed by atoms with Gasteiger partial charge in [0.05, 0.1) is 5.52 Å². The highest BCUT2D eigenvalue weighted by molar-refractivity contribution is 6.22. The van der Waals surface area contributed by atoms with Crippen LogP contribution in [-0.2, 0) is 0 Å². The van der Waals surface area contributed by atoms with Crippen molar-refractivity contribution in [3.8, 4) is 34.2 Å². The molecule has 0 spiro atoms. The molecule has 0 aliphatic rings. The van der Waals surface area contributed by atoms with Gasteiger partial charge in [-0.25, -0.2) is 15.0 Å². The van der Waals surface area contributed by atoms with E-state index < -0.39 is 0 Å². The summed E-state index contributed by atoms with van der Waals surface area (Å²) in [6, 6.07) is 52.6. The molecule has 8 aromatic carbocycles. The zero-order chi connectivity index (χ0) is 33.5. The molecule has 0 saturated heterocycles. The van der Waals surface area contributed by atoms with E-state index in [1.807, 2.05) is 18.3 Å². The molecule has 51 heavy (non-hydrogen) atoms. The SMILES string of the molecule is c1ccc2cc(-c3nc(-c4ccc5ncc6ccc7ccccc7c6c5c4)nc(-c4cc5oc6ccccc6c5c5ccccc45)n3)ccc2c1. The molecule has 0 aliphatic carbocycles. The highest BCUT2D eigenvalue weighted by Gasteiger charge is 2.19. The number of fused-ring (bicyclic) bond motifs is 11. The fourth-order valence-corrected chi connectivity index (χ4v) is 7.68. The molecule has 0 atom stereocenters. The standard InChI is InChI=1S/C46H26N4O/c1-2-11-29-23-30(19-17-27(29)9-1)44-48-45(31-21-22-39-38(24-31)42-32(26-47-39)20-18-28-10-3-4-12-33(28)42)50-46(49-44)37-25-41-43(35-14-6-5-13-34(35)37)36-15-7-8-16-40(36)51-41/h1-26H. The topological polar surface area (TPSA) is 64.7 Å². The number of aromatic nitrogens is 4. The lowest BCUT2D eigenvalue weighted by Gasteiger charge is -2.12. The summed E-state index contributed by atoms with van der Waals surface area (Å²) < 4.78 is 6.45. The first-order chi connectivity index (χ1) is 25.2. The second kappa shape index (κ2) is 10.8. The zero-order valence-corrected chi connectivity index (χ0v) is 27.2. The van der Waals surface area contributed by atoms with Gasteiger partial charge in [-0.1, -0.05) is 115 Å². The van der Waals surface area contributed by atoms with Gasteiger partial charge in [-0.15, -0.1) is 0 Å². The molecule has 236 valence electrons. The molecule has 0 N–H and O–H groups in total. The summed E-state index contributed by atoms with van der Waals surface area (Å²) in [6.45, 7) is 0. The number of hydrogen-bond acceptors (Lipinski definition) is 5. The third-order valence-corrected chi connectivity index (χ3v) is 10.1. The van der Waals surface area contributed by atoms with Crippen molar-refractivity contribution in [3.63, 3.8) is 0 Å². The van der Waals surface area contributed by atoms with Crippen molar-refractivity contribution >= 4 is 75.9 Å². The number of benzene rings is 8. The zero-order valence-electron chi connectivity index (χ0n) is 27.2. The first-order valence-electron chi connectivity index (χ1n) is 17.0. The Morgan fingerprint density at radius 2 is 1.00 bits per heavy atom. The Hall–Kier alpha value is -6.98. The minimum Gasteiger partial charge on any atom is -0.456 e. The van der Waals surface area contributed by atoms with Gasteiger partial charge in [-0.3, -0.25) is 4.98 Å². The molecule has 0 aliphatic heterocycles. The first-order valence-corrected chi connectivity index (χ1v) is 17.0. The molecule has 3 heterocycles. The molecule has 0 fully saturated rings. The maximum atomic E-state index is 6.45. The minimum absolute atomic E-state index is 0.586. The number of pyridine rings is 1. The maximum Gasteiger partial charge on any atom is 0.164 e. The van der Waals surface area contributed by atoms with E-state index in [-0.39, 0.29) is 0 Å². The monoisotopic (exact) mass is 650 g/mol. The van der Waals surface area contributed by atoms with Crippen LogP contribution in [0.2, 0.25) is 0 Å². The number of para-hydroxylation sites is 1. The molecular weight excluding hydrogens is 625 g/mol. The Kier molecular flexibility index (Phi) is 5.89. The summed E-state index contributed by atoms with van der Waals surface area (Å²) in [5, 5.41) is 12.3. The van der Waals surface area contributed by atoms with Crippen LogP contribution in [0.4, 0.5) is 0 Å². The highest BCUT2D eigenvalue weighted by atomic mass is 16.3. The Morgan fingerprint density at radius 1 is 0.373 bits per heavy atom. The van der Waals surface area contributed by atoms with E-state index >= 15 is 0 Å². The van der Waals surface area contributed by atoms with Crippen molar-refractivity contribution in [1.29, 1.82) is 0 Å². The molecule has 11 aromatic rings. The van der Waals surface area contributed by atoms with E-state index in [1.54, 1.807) is 0 Å². The smallest absolute Gasteiger partial charge is 0.164 e. The van der Waals surface area contributed by atoms with Crippen LogP contribution in [0.25, 0.3) is 110 Å². The largest absolute Gasteiger partial charge is 0.456 e. The molecule has 0 unspecified atom stereocenters. The fourth-order valence-electron chi connectivity index (χ4n) is 7.68. The average molecular weight is 651 g/mol. The van der Waals surface area contributed by atoms with Gasteiger partial charge in [-0.2, -0.15) is 0 Å². The maximum absolute atomic E-state index is 6.45. The molecule has 0 saturated carbocycles. The molecule has 0 amide bonds. The summed E-state index contributed by atoms with van der Waals surface area (Å²) in [6.07, 6.45) is 1.96. The van der Waals surface area contributed by atoms with Gasteiger partial charge in [0.1, 0.15) is 11.2 Å². The van der Waals surface area contributed by atoms with Crippen molar-refractivity contribution in [2.75, 3.05) is 0 Å². The summed E-state index contributed by atoms with van der Waals surface area (Å²) in [5.74, 6) is 1.79. The van der Waals surface area contributed by atoms with E-state index in [0.717, 1.165) is 71.1 Å². The van der Waals surface area contributed by atoms with Crippen LogP contribution in [0.3, 0.4) is 0 Å². The van der Waals surface area contributed by atoms with Gasteiger partial charge < -0.3 is 4.42 Å². The van der Waals surface area contributed by atoms with Gasteiger partial charge in [0.25, 0.3) is 0 Å². The third-order valence-electron chi connectivity index (χ3n) is 10.1. The van der Waals surface area contributed by atoms with Crippen LogP contribution in [0.1, 0.15) is 0 Å². The third kappa shape index (κ3) is 4.35. The number of rotatable bonds is 3. The van der Waals surface area contributed by atoms with Crippen LogP contribution >= 0.6 is 0 Å². The predicted molar refractivity (Wildman–Crippen MR) is 209 cm³/mol. The molecule has 3 aromatic heterocycles. The Balaban J connectivity index is 1.20. The van der Waals surface area contributed by atoms with Gasteiger partial charge in [0.2, 0.25) is 0 Å². The van der Waals surface area contributed by atoms with Crippen LogP contribution in [0.5, 0.6) is 0 Å².